The minimum atomic E-state index is 0.758. The SMILES string of the molecule is Nc1ccc(-c2ccc(-c3nc4ccccc4nc3-c3ccc(-c4ccc(N)cc4)cc3)cc2)cc1. The molecule has 0 saturated carbocycles. The average Bonchev–Trinajstić information content (AvgIpc) is 2.93. The lowest BCUT2D eigenvalue weighted by Gasteiger charge is -2.12. The highest BCUT2D eigenvalue weighted by Gasteiger charge is 2.14. The summed E-state index contributed by atoms with van der Waals surface area (Å²) in [7, 11) is 0. The lowest BCUT2D eigenvalue weighted by atomic mass is 9.98. The molecule has 0 aliphatic rings. The van der Waals surface area contributed by atoms with Gasteiger partial charge in [-0.05, 0) is 58.7 Å². The van der Waals surface area contributed by atoms with E-state index in [9.17, 15) is 0 Å². The van der Waals surface area contributed by atoms with Crippen molar-refractivity contribution in [2.75, 3.05) is 11.5 Å². The van der Waals surface area contributed by atoms with Crippen LogP contribution in [0.3, 0.4) is 0 Å². The number of fused-ring (bicyclic) bond motifs is 1. The molecule has 4 nitrogen and oxygen atoms in total. The van der Waals surface area contributed by atoms with Crippen molar-refractivity contribution in [2.45, 2.75) is 0 Å². The molecule has 0 aliphatic carbocycles. The summed E-state index contributed by atoms with van der Waals surface area (Å²) >= 11 is 0. The second-order valence-corrected chi connectivity index (χ2v) is 8.81. The third kappa shape index (κ3) is 4.17. The molecule has 0 spiro atoms. The molecule has 0 unspecified atom stereocenters. The van der Waals surface area contributed by atoms with E-state index in [4.69, 9.17) is 21.4 Å². The Morgan fingerprint density at radius 3 is 0.944 bits per heavy atom. The zero-order chi connectivity index (χ0) is 24.5. The maximum absolute atomic E-state index is 5.85. The summed E-state index contributed by atoms with van der Waals surface area (Å²) in [5.41, 5.74) is 23.2. The van der Waals surface area contributed by atoms with Crippen molar-refractivity contribution in [3.8, 4) is 44.8 Å². The first-order valence-electron chi connectivity index (χ1n) is 11.8. The highest BCUT2D eigenvalue weighted by atomic mass is 14.8. The van der Waals surface area contributed by atoms with Gasteiger partial charge in [0.2, 0.25) is 0 Å². The normalized spacial score (nSPS) is 11.0. The van der Waals surface area contributed by atoms with Gasteiger partial charge in [0.1, 0.15) is 0 Å². The van der Waals surface area contributed by atoms with E-state index in [2.05, 4.69) is 48.5 Å². The van der Waals surface area contributed by atoms with Gasteiger partial charge >= 0.3 is 0 Å². The van der Waals surface area contributed by atoms with Crippen LogP contribution in [0.5, 0.6) is 0 Å². The van der Waals surface area contributed by atoms with Crippen LogP contribution in [0.4, 0.5) is 11.4 Å². The highest BCUT2D eigenvalue weighted by molar-refractivity contribution is 5.87. The van der Waals surface area contributed by atoms with Crippen LogP contribution in [-0.2, 0) is 0 Å². The van der Waals surface area contributed by atoms with Gasteiger partial charge < -0.3 is 11.5 Å². The van der Waals surface area contributed by atoms with E-state index >= 15 is 0 Å². The maximum Gasteiger partial charge on any atom is 0.0973 e. The molecule has 1 heterocycles. The minimum absolute atomic E-state index is 0.758. The molecule has 36 heavy (non-hydrogen) atoms. The first-order valence-corrected chi connectivity index (χ1v) is 11.8. The fourth-order valence-electron chi connectivity index (χ4n) is 4.39. The van der Waals surface area contributed by atoms with E-state index in [0.29, 0.717) is 0 Å². The average molecular weight is 465 g/mol. The molecule has 4 heteroatoms. The number of aromatic nitrogens is 2. The number of nitrogen functional groups attached to an aromatic ring is 2. The van der Waals surface area contributed by atoms with Crippen molar-refractivity contribution in [2.24, 2.45) is 0 Å². The Morgan fingerprint density at radius 2 is 0.611 bits per heavy atom. The molecular formula is C32H24N4. The number of para-hydroxylation sites is 2. The Bertz CT molecular complexity index is 1530. The van der Waals surface area contributed by atoms with Gasteiger partial charge in [0.15, 0.2) is 0 Å². The molecule has 0 saturated heterocycles. The van der Waals surface area contributed by atoms with Gasteiger partial charge in [-0.3, -0.25) is 0 Å². The Balaban J connectivity index is 1.43. The number of rotatable bonds is 4. The molecular weight excluding hydrogens is 440 g/mol. The minimum Gasteiger partial charge on any atom is -0.399 e. The third-order valence-electron chi connectivity index (χ3n) is 6.38. The number of hydrogen-bond acceptors (Lipinski definition) is 4. The van der Waals surface area contributed by atoms with Crippen molar-refractivity contribution in [1.82, 2.24) is 9.97 Å². The lowest BCUT2D eigenvalue weighted by molar-refractivity contribution is 1.29. The second-order valence-electron chi connectivity index (χ2n) is 8.81. The molecule has 5 aromatic carbocycles. The number of anilines is 2. The molecule has 6 rings (SSSR count). The predicted molar refractivity (Wildman–Crippen MR) is 150 cm³/mol. The predicted octanol–water partition coefficient (Wildman–Crippen LogP) is 7.46. The van der Waals surface area contributed by atoms with Crippen LogP contribution in [0, 0.1) is 0 Å². The van der Waals surface area contributed by atoms with Crippen LogP contribution in [0.25, 0.3) is 55.8 Å². The molecule has 0 aliphatic heterocycles. The van der Waals surface area contributed by atoms with Gasteiger partial charge in [0.05, 0.1) is 22.4 Å². The molecule has 6 aromatic rings. The largest absolute Gasteiger partial charge is 0.399 e. The van der Waals surface area contributed by atoms with Crippen LogP contribution in [0.15, 0.2) is 121 Å². The summed E-state index contributed by atoms with van der Waals surface area (Å²) in [6.45, 7) is 0. The summed E-state index contributed by atoms with van der Waals surface area (Å²) in [5.74, 6) is 0. The molecule has 4 N–H and O–H groups in total. The van der Waals surface area contributed by atoms with Gasteiger partial charge in [-0.1, -0.05) is 84.9 Å². The van der Waals surface area contributed by atoms with Gasteiger partial charge in [-0.2, -0.15) is 0 Å². The molecule has 0 amide bonds. The van der Waals surface area contributed by atoms with Crippen LogP contribution < -0.4 is 11.5 Å². The van der Waals surface area contributed by atoms with Crippen LogP contribution in [0.2, 0.25) is 0 Å². The lowest BCUT2D eigenvalue weighted by Crippen LogP contribution is -1.95. The van der Waals surface area contributed by atoms with Crippen LogP contribution >= 0.6 is 0 Å². The first kappa shape index (κ1) is 21.6. The molecule has 172 valence electrons. The van der Waals surface area contributed by atoms with Gasteiger partial charge in [0, 0.05) is 22.5 Å². The summed E-state index contributed by atoms with van der Waals surface area (Å²) in [4.78, 5) is 10.1. The molecule has 0 bridgehead atoms. The summed E-state index contributed by atoms with van der Waals surface area (Å²) in [6, 6.07) is 40.7. The molecule has 0 fully saturated rings. The zero-order valence-corrected chi connectivity index (χ0v) is 19.6. The quantitative estimate of drug-likeness (QED) is 0.265. The van der Waals surface area contributed by atoms with Crippen molar-refractivity contribution in [3.05, 3.63) is 121 Å². The second kappa shape index (κ2) is 9.01. The monoisotopic (exact) mass is 464 g/mol. The van der Waals surface area contributed by atoms with E-state index in [0.717, 1.165) is 67.2 Å². The number of hydrogen-bond donors (Lipinski definition) is 2. The van der Waals surface area contributed by atoms with Crippen LogP contribution in [-0.4, -0.2) is 9.97 Å². The van der Waals surface area contributed by atoms with Gasteiger partial charge in [0.25, 0.3) is 0 Å². The smallest absolute Gasteiger partial charge is 0.0973 e. The van der Waals surface area contributed by atoms with E-state index < -0.39 is 0 Å². The van der Waals surface area contributed by atoms with E-state index in [1.165, 1.54) is 0 Å². The fraction of sp³-hybridized carbons (Fsp3) is 0. The maximum atomic E-state index is 5.85. The molecule has 0 radical (unpaired) electrons. The van der Waals surface area contributed by atoms with Crippen molar-refractivity contribution in [3.63, 3.8) is 0 Å². The zero-order valence-electron chi connectivity index (χ0n) is 19.6. The van der Waals surface area contributed by atoms with E-state index in [1.54, 1.807) is 0 Å². The Labute approximate surface area is 209 Å². The number of benzene rings is 5. The topological polar surface area (TPSA) is 77.8 Å². The molecule has 0 atom stereocenters. The van der Waals surface area contributed by atoms with Gasteiger partial charge in [-0.25, -0.2) is 9.97 Å². The summed E-state index contributed by atoms with van der Waals surface area (Å²) < 4.78 is 0. The Kier molecular flexibility index (Phi) is 5.39. The fourth-order valence-corrected chi connectivity index (χ4v) is 4.39. The van der Waals surface area contributed by atoms with Crippen molar-refractivity contribution in [1.29, 1.82) is 0 Å². The van der Waals surface area contributed by atoms with E-state index in [-0.39, 0.29) is 0 Å². The Hall–Kier alpha value is -4.96. The van der Waals surface area contributed by atoms with Crippen molar-refractivity contribution < 1.29 is 0 Å². The molecule has 1 aromatic heterocycles. The Morgan fingerprint density at radius 1 is 0.333 bits per heavy atom. The summed E-state index contributed by atoms with van der Waals surface area (Å²) in [6.07, 6.45) is 0. The van der Waals surface area contributed by atoms with Crippen molar-refractivity contribution >= 4 is 22.4 Å². The van der Waals surface area contributed by atoms with Crippen LogP contribution in [0.1, 0.15) is 0 Å². The van der Waals surface area contributed by atoms with E-state index in [1.807, 2.05) is 72.8 Å². The number of nitrogens with two attached hydrogens (primary N) is 2. The van der Waals surface area contributed by atoms with Gasteiger partial charge in [-0.15, -0.1) is 0 Å². The number of nitrogens with zero attached hydrogens (tertiary/aromatic N) is 2. The highest BCUT2D eigenvalue weighted by Crippen LogP contribution is 2.33. The standard InChI is InChI=1S/C32H24N4/c33-27-17-13-23(14-18-27)21-5-9-25(10-6-21)31-32(36-30-4-2-1-3-29(30)35-31)26-11-7-22(8-12-26)24-15-19-28(34)20-16-24/h1-20H,33-34H2. The first-order chi connectivity index (χ1) is 17.6. The third-order valence-corrected chi connectivity index (χ3v) is 6.38. The summed E-state index contributed by atoms with van der Waals surface area (Å²) in [5, 5.41) is 0.